The zero-order chi connectivity index (χ0) is 15.6. The molecule has 4 nitrogen and oxygen atoms in total. The molecule has 5 unspecified atom stereocenters. The van der Waals surface area contributed by atoms with Crippen LogP contribution in [-0.2, 0) is 9.53 Å². The van der Waals surface area contributed by atoms with Crippen LogP contribution in [0.2, 0.25) is 0 Å². The molecule has 0 aromatic carbocycles. The minimum Gasteiger partial charge on any atom is -0.468 e. The van der Waals surface area contributed by atoms with E-state index in [9.17, 15) is 4.79 Å². The van der Waals surface area contributed by atoms with E-state index >= 15 is 0 Å². The Hall–Kier alpha value is -0.610. The Morgan fingerprint density at radius 2 is 2.10 bits per heavy atom. The molecule has 0 radical (unpaired) electrons. The van der Waals surface area contributed by atoms with E-state index < -0.39 is 5.54 Å². The highest BCUT2D eigenvalue weighted by Gasteiger charge is 2.46. The molecular weight excluding hydrogens is 264 g/mol. The summed E-state index contributed by atoms with van der Waals surface area (Å²) in [6.45, 7) is 9.25. The molecule has 2 rings (SSSR count). The number of esters is 1. The summed E-state index contributed by atoms with van der Waals surface area (Å²) >= 11 is 0. The first kappa shape index (κ1) is 16.8. The zero-order valence-electron chi connectivity index (χ0n) is 14.1. The lowest BCUT2D eigenvalue weighted by Gasteiger charge is -2.42. The quantitative estimate of drug-likeness (QED) is 0.810. The standard InChI is InChI=1S/C17H32N2O2/c1-12-10-13(2)14(3)19(11-12)9-7-15-6-5-8-17(15,18)16(20)21-4/h12-15H,5-11,18H2,1-4H3. The van der Waals surface area contributed by atoms with Crippen molar-refractivity contribution >= 4 is 5.97 Å². The second kappa shape index (κ2) is 6.66. The minimum atomic E-state index is -0.745. The zero-order valence-corrected chi connectivity index (χ0v) is 14.1. The van der Waals surface area contributed by atoms with Gasteiger partial charge >= 0.3 is 5.97 Å². The molecule has 2 fully saturated rings. The fraction of sp³-hybridized carbons (Fsp3) is 0.941. The van der Waals surface area contributed by atoms with Crippen molar-refractivity contribution in [3.63, 3.8) is 0 Å². The van der Waals surface area contributed by atoms with Crippen molar-refractivity contribution < 1.29 is 9.53 Å². The van der Waals surface area contributed by atoms with Crippen molar-refractivity contribution in [3.8, 4) is 0 Å². The van der Waals surface area contributed by atoms with Crippen LogP contribution in [0.4, 0.5) is 0 Å². The Labute approximate surface area is 129 Å². The summed E-state index contributed by atoms with van der Waals surface area (Å²) in [5.41, 5.74) is 5.62. The molecule has 0 aromatic heterocycles. The first-order valence-corrected chi connectivity index (χ1v) is 8.49. The van der Waals surface area contributed by atoms with Gasteiger partial charge in [0.25, 0.3) is 0 Å². The van der Waals surface area contributed by atoms with Gasteiger partial charge in [-0.3, -0.25) is 4.79 Å². The van der Waals surface area contributed by atoms with E-state index in [2.05, 4.69) is 25.7 Å². The summed E-state index contributed by atoms with van der Waals surface area (Å²) in [5.74, 6) is 1.56. The average molecular weight is 296 g/mol. The van der Waals surface area contributed by atoms with E-state index in [1.54, 1.807) is 0 Å². The molecule has 2 N–H and O–H groups in total. The van der Waals surface area contributed by atoms with E-state index in [0.717, 1.165) is 44.1 Å². The second-order valence-electron chi connectivity index (χ2n) is 7.46. The monoisotopic (exact) mass is 296 g/mol. The number of piperidine rings is 1. The van der Waals surface area contributed by atoms with Gasteiger partial charge in [-0.05, 0) is 56.9 Å². The van der Waals surface area contributed by atoms with Crippen molar-refractivity contribution in [2.75, 3.05) is 20.2 Å². The van der Waals surface area contributed by atoms with Crippen LogP contribution in [-0.4, -0.2) is 42.6 Å². The lowest BCUT2D eigenvalue weighted by molar-refractivity contribution is -0.148. The first-order chi connectivity index (χ1) is 9.88. The predicted molar refractivity (Wildman–Crippen MR) is 84.9 cm³/mol. The number of ether oxygens (including phenoxy) is 1. The van der Waals surface area contributed by atoms with Gasteiger partial charge in [0.2, 0.25) is 0 Å². The van der Waals surface area contributed by atoms with Crippen LogP contribution < -0.4 is 5.73 Å². The van der Waals surface area contributed by atoms with Crippen LogP contribution >= 0.6 is 0 Å². The van der Waals surface area contributed by atoms with Crippen molar-refractivity contribution in [2.24, 2.45) is 23.5 Å². The molecule has 0 amide bonds. The van der Waals surface area contributed by atoms with Gasteiger partial charge in [0, 0.05) is 12.6 Å². The number of carbonyl (C=O) groups is 1. The molecule has 1 saturated carbocycles. The van der Waals surface area contributed by atoms with Gasteiger partial charge in [-0.1, -0.05) is 20.3 Å². The molecule has 2 aliphatic rings. The molecule has 21 heavy (non-hydrogen) atoms. The molecule has 5 atom stereocenters. The normalized spacial score (nSPS) is 41.2. The number of nitrogens with two attached hydrogens (primary N) is 1. The van der Waals surface area contributed by atoms with Crippen LogP contribution in [0.1, 0.15) is 52.9 Å². The number of hydrogen-bond donors (Lipinski definition) is 1. The van der Waals surface area contributed by atoms with Crippen LogP contribution in [0, 0.1) is 17.8 Å². The summed E-state index contributed by atoms with van der Waals surface area (Å²) in [7, 11) is 1.45. The molecule has 0 aromatic rings. The molecule has 4 heteroatoms. The highest BCUT2D eigenvalue weighted by atomic mass is 16.5. The summed E-state index contributed by atoms with van der Waals surface area (Å²) in [4.78, 5) is 14.6. The molecule has 122 valence electrons. The lowest BCUT2D eigenvalue weighted by Crippen LogP contribution is -2.53. The third-order valence-corrected chi connectivity index (χ3v) is 5.92. The fourth-order valence-corrected chi connectivity index (χ4v) is 4.41. The molecule has 1 saturated heterocycles. The van der Waals surface area contributed by atoms with Gasteiger partial charge in [0.05, 0.1) is 7.11 Å². The molecule has 0 bridgehead atoms. The first-order valence-electron chi connectivity index (χ1n) is 8.49. The van der Waals surface area contributed by atoms with Gasteiger partial charge in [-0.15, -0.1) is 0 Å². The summed E-state index contributed by atoms with van der Waals surface area (Å²) in [6.07, 6.45) is 5.20. The fourth-order valence-electron chi connectivity index (χ4n) is 4.41. The molecule has 0 spiro atoms. The maximum absolute atomic E-state index is 12.0. The maximum Gasteiger partial charge on any atom is 0.326 e. The Kier molecular flexibility index (Phi) is 5.31. The number of carbonyl (C=O) groups excluding carboxylic acids is 1. The van der Waals surface area contributed by atoms with E-state index in [1.807, 2.05) is 0 Å². The summed E-state index contributed by atoms with van der Waals surface area (Å²) in [5, 5.41) is 0. The van der Waals surface area contributed by atoms with Gasteiger partial charge in [-0.25, -0.2) is 0 Å². The maximum atomic E-state index is 12.0. The van der Waals surface area contributed by atoms with Crippen LogP contribution in [0.3, 0.4) is 0 Å². The van der Waals surface area contributed by atoms with E-state index in [-0.39, 0.29) is 11.9 Å². The van der Waals surface area contributed by atoms with E-state index in [4.69, 9.17) is 10.5 Å². The smallest absolute Gasteiger partial charge is 0.326 e. The summed E-state index contributed by atoms with van der Waals surface area (Å²) in [6, 6.07) is 0.632. The topological polar surface area (TPSA) is 55.6 Å². The Bertz CT molecular complexity index is 374. The molecule has 1 aliphatic heterocycles. The highest BCUT2D eigenvalue weighted by Crippen LogP contribution is 2.37. The van der Waals surface area contributed by atoms with Gasteiger partial charge in [-0.2, -0.15) is 0 Å². The van der Waals surface area contributed by atoms with Crippen molar-refractivity contribution in [3.05, 3.63) is 0 Å². The third-order valence-electron chi connectivity index (χ3n) is 5.92. The number of hydrogen-bond acceptors (Lipinski definition) is 4. The largest absolute Gasteiger partial charge is 0.468 e. The lowest BCUT2D eigenvalue weighted by atomic mass is 9.83. The molecule has 1 heterocycles. The molecule has 1 aliphatic carbocycles. The second-order valence-corrected chi connectivity index (χ2v) is 7.46. The average Bonchev–Trinajstić information content (AvgIpc) is 2.82. The van der Waals surface area contributed by atoms with Crippen molar-refractivity contribution in [1.29, 1.82) is 0 Å². The minimum absolute atomic E-state index is 0.224. The number of nitrogens with zero attached hydrogens (tertiary/aromatic N) is 1. The Balaban J connectivity index is 1.94. The highest BCUT2D eigenvalue weighted by molar-refractivity contribution is 5.81. The Morgan fingerprint density at radius 1 is 1.38 bits per heavy atom. The SMILES string of the molecule is COC(=O)C1(N)CCCC1CCN1CC(C)CC(C)C1C. The molecular formula is C17H32N2O2. The van der Waals surface area contributed by atoms with Crippen LogP contribution in [0.5, 0.6) is 0 Å². The van der Waals surface area contributed by atoms with Gasteiger partial charge < -0.3 is 15.4 Å². The number of rotatable bonds is 4. The van der Waals surface area contributed by atoms with Crippen molar-refractivity contribution in [2.45, 2.75) is 64.5 Å². The van der Waals surface area contributed by atoms with E-state index in [1.165, 1.54) is 20.1 Å². The van der Waals surface area contributed by atoms with Gasteiger partial charge in [0.1, 0.15) is 5.54 Å². The van der Waals surface area contributed by atoms with Crippen LogP contribution in [0.15, 0.2) is 0 Å². The van der Waals surface area contributed by atoms with E-state index in [0.29, 0.717) is 6.04 Å². The van der Waals surface area contributed by atoms with Crippen LogP contribution in [0.25, 0.3) is 0 Å². The van der Waals surface area contributed by atoms with Gasteiger partial charge in [0.15, 0.2) is 0 Å². The Morgan fingerprint density at radius 3 is 2.76 bits per heavy atom. The summed E-state index contributed by atoms with van der Waals surface area (Å²) < 4.78 is 4.94. The predicted octanol–water partition coefficient (Wildman–Crippen LogP) is 2.41. The number of likely N-dealkylation sites (tertiary alicyclic amines) is 1. The third kappa shape index (κ3) is 3.42. The van der Waals surface area contributed by atoms with Crippen molar-refractivity contribution in [1.82, 2.24) is 4.90 Å². The number of methoxy groups -OCH3 is 1.